The van der Waals surface area contributed by atoms with Crippen molar-refractivity contribution in [1.82, 2.24) is 15.3 Å². The number of hydrogen-bond acceptors (Lipinski definition) is 5. The number of hydrogen-bond donors (Lipinski definition) is 1. The molecule has 15 heavy (non-hydrogen) atoms. The van der Waals surface area contributed by atoms with E-state index in [0.29, 0.717) is 0 Å². The van der Waals surface area contributed by atoms with Gasteiger partial charge in [0, 0.05) is 36.0 Å². The molecule has 0 bridgehead atoms. The van der Waals surface area contributed by atoms with Gasteiger partial charge in [0.15, 0.2) is 0 Å². The van der Waals surface area contributed by atoms with E-state index in [4.69, 9.17) is 0 Å². The van der Waals surface area contributed by atoms with Gasteiger partial charge in [-0.25, -0.2) is 9.97 Å². The van der Waals surface area contributed by atoms with E-state index in [-0.39, 0.29) is 0 Å². The van der Waals surface area contributed by atoms with E-state index >= 15 is 0 Å². The fourth-order valence-electron chi connectivity index (χ4n) is 1.25. The molecular weight excluding hydrogens is 226 g/mol. The molecule has 0 unspecified atom stereocenters. The van der Waals surface area contributed by atoms with Crippen molar-refractivity contribution in [1.29, 1.82) is 0 Å². The van der Waals surface area contributed by atoms with Crippen molar-refractivity contribution in [3.05, 3.63) is 32.7 Å². The molecule has 0 aliphatic rings. The number of nitrogens with one attached hydrogen (secondary N) is 1. The fraction of sp³-hybridized carbons (Fsp3) is 0.400. The normalized spacial score (nSPS) is 10.7. The Balaban J connectivity index is 1.67. The number of rotatable bonds is 5. The third-order valence-corrected chi connectivity index (χ3v) is 3.58. The minimum atomic E-state index is 0.855. The lowest BCUT2D eigenvalue weighted by atomic mass is 10.4. The van der Waals surface area contributed by atoms with Crippen molar-refractivity contribution < 1.29 is 0 Å². The highest BCUT2D eigenvalue weighted by molar-refractivity contribution is 7.11. The average molecular weight is 239 g/mol. The van der Waals surface area contributed by atoms with Crippen molar-refractivity contribution in [3.8, 4) is 0 Å². The maximum Gasteiger partial charge on any atom is 0.0940 e. The van der Waals surface area contributed by atoms with Gasteiger partial charge >= 0.3 is 0 Å². The molecule has 2 aromatic heterocycles. The lowest BCUT2D eigenvalue weighted by Gasteiger charge is -1.99. The lowest BCUT2D eigenvalue weighted by molar-refractivity contribution is 0.676. The third kappa shape index (κ3) is 3.37. The Morgan fingerprint density at radius 3 is 3.00 bits per heavy atom. The van der Waals surface area contributed by atoms with E-state index in [9.17, 15) is 0 Å². The summed E-state index contributed by atoms with van der Waals surface area (Å²) in [4.78, 5) is 9.81. The Labute approximate surface area is 97.2 Å². The summed E-state index contributed by atoms with van der Waals surface area (Å²) in [6.45, 7) is 3.90. The summed E-state index contributed by atoms with van der Waals surface area (Å²) in [6, 6.07) is 0. The van der Waals surface area contributed by atoms with Crippen molar-refractivity contribution in [2.24, 2.45) is 0 Å². The summed E-state index contributed by atoms with van der Waals surface area (Å²) in [6.07, 6.45) is 2.93. The molecule has 80 valence electrons. The summed E-state index contributed by atoms with van der Waals surface area (Å²) in [5.74, 6) is 0. The Hall–Kier alpha value is -0.780. The number of aryl methyl sites for hydroxylation is 1. The Bertz CT molecular complexity index is 394. The largest absolute Gasteiger partial charge is 0.311 e. The fourth-order valence-corrected chi connectivity index (χ4v) is 2.60. The van der Waals surface area contributed by atoms with Crippen molar-refractivity contribution in [2.45, 2.75) is 19.9 Å². The second-order valence-corrected chi connectivity index (χ2v) is 5.31. The van der Waals surface area contributed by atoms with Crippen LogP contribution in [0.4, 0.5) is 0 Å². The van der Waals surface area contributed by atoms with E-state index in [0.717, 1.165) is 25.2 Å². The Kier molecular flexibility index (Phi) is 3.82. The van der Waals surface area contributed by atoms with Crippen LogP contribution in [0.3, 0.4) is 0 Å². The topological polar surface area (TPSA) is 37.8 Å². The molecule has 0 spiro atoms. The quantitative estimate of drug-likeness (QED) is 0.813. The highest BCUT2D eigenvalue weighted by Gasteiger charge is 1.98. The predicted octanol–water partition coefficient (Wildman–Crippen LogP) is 2.24. The van der Waals surface area contributed by atoms with Crippen LogP contribution < -0.4 is 5.32 Å². The summed E-state index contributed by atoms with van der Waals surface area (Å²) in [5, 5.41) is 6.63. The average Bonchev–Trinajstić information content (AvgIpc) is 2.84. The van der Waals surface area contributed by atoms with E-state index in [1.54, 1.807) is 22.7 Å². The van der Waals surface area contributed by atoms with Gasteiger partial charge in [-0.15, -0.1) is 22.7 Å². The van der Waals surface area contributed by atoms with Crippen LogP contribution in [0.1, 0.15) is 15.6 Å². The summed E-state index contributed by atoms with van der Waals surface area (Å²) >= 11 is 3.41. The maximum atomic E-state index is 4.32. The molecule has 0 saturated carbocycles. The molecule has 3 nitrogen and oxygen atoms in total. The number of aromatic nitrogens is 2. The van der Waals surface area contributed by atoms with E-state index in [1.807, 2.05) is 11.7 Å². The zero-order valence-electron chi connectivity index (χ0n) is 8.56. The maximum absolute atomic E-state index is 4.32. The van der Waals surface area contributed by atoms with Gasteiger partial charge < -0.3 is 5.32 Å². The molecule has 0 atom stereocenters. The first kappa shape index (κ1) is 10.7. The molecular formula is C10H13N3S2. The van der Waals surface area contributed by atoms with Crippen LogP contribution >= 0.6 is 22.7 Å². The first-order chi connectivity index (χ1) is 7.34. The van der Waals surface area contributed by atoms with Crippen LogP contribution in [0.5, 0.6) is 0 Å². The minimum Gasteiger partial charge on any atom is -0.311 e. The van der Waals surface area contributed by atoms with Crippen LogP contribution in [0.25, 0.3) is 0 Å². The van der Waals surface area contributed by atoms with Gasteiger partial charge in [0.05, 0.1) is 16.2 Å². The molecule has 0 amide bonds. The van der Waals surface area contributed by atoms with Crippen molar-refractivity contribution in [2.75, 3.05) is 6.54 Å². The molecule has 5 heteroatoms. The Morgan fingerprint density at radius 1 is 1.40 bits per heavy atom. The standard InChI is InChI=1S/C10H13N3S2/c1-8-4-12-10(15-8)2-3-11-5-9-6-14-7-13-9/h4,6-7,11H,2-3,5H2,1H3. The van der Waals surface area contributed by atoms with Gasteiger partial charge in [0.25, 0.3) is 0 Å². The summed E-state index contributed by atoms with van der Waals surface area (Å²) in [5.41, 5.74) is 2.98. The van der Waals surface area contributed by atoms with Gasteiger partial charge in [-0.2, -0.15) is 0 Å². The third-order valence-electron chi connectivity index (χ3n) is 1.97. The molecule has 0 aromatic carbocycles. The summed E-state index contributed by atoms with van der Waals surface area (Å²) in [7, 11) is 0. The molecule has 0 aliphatic carbocycles. The molecule has 0 saturated heterocycles. The number of thiazole rings is 2. The van der Waals surface area contributed by atoms with Gasteiger partial charge in [0.2, 0.25) is 0 Å². The zero-order chi connectivity index (χ0) is 10.5. The van der Waals surface area contributed by atoms with Crippen LogP contribution in [0, 0.1) is 6.92 Å². The SMILES string of the molecule is Cc1cnc(CCNCc2cscn2)s1. The van der Waals surface area contributed by atoms with Crippen molar-refractivity contribution in [3.63, 3.8) is 0 Å². The van der Waals surface area contributed by atoms with Crippen LogP contribution in [0.15, 0.2) is 17.1 Å². The van der Waals surface area contributed by atoms with E-state index in [1.165, 1.54) is 9.88 Å². The molecule has 0 fully saturated rings. The molecule has 1 N–H and O–H groups in total. The van der Waals surface area contributed by atoms with Crippen LogP contribution in [-0.4, -0.2) is 16.5 Å². The molecule has 0 radical (unpaired) electrons. The van der Waals surface area contributed by atoms with Gasteiger partial charge in [-0.05, 0) is 6.92 Å². The Morgan fingerprint density at radius 2 is 2.33 bits per heavy atom. The smallest absolute Gasteiger partial charge is 0.0940 e. The van der Waals surface area contributed by atoms with Crippen LogP contribution in [-0.2, 0) is 13.0 Å². The number of nitrogens with zero attached hydrogens (tertiary/aromatic N) is 2. The second-order valence-electron chi connectivity index (χ2n) is 3.27. The molecule has 2 rings (SSSR count). The summed E-state index contributed by atoms with van der Waals surface area (Å²) < 4.78 is 0. The zero-order valence-corrected chi connectivity index (χ0v) is 10.2. The van der Waals surface area contributed by atoms with E-state index < -0.39 is 0 Å². The minimum absolute atomic E-state index is 0.855. The van der Waals surface area contributed by atoms with Gasteiger partial charge in [-0.1, -0.05) is 0 Å². The molecule has 2 heterocycles. The monoisotopic (exact) mass is 239 g/mol. The predicted molar refractivity (Wildman–Crippen MR) is 64.4 cm³/mol. The van der Waals surface area contributed by atoms with Gasteiger partial charge in [0.1, 0.15) is 0 Å². The van der Waals surface area contributed by atoms with E-state index in [2.05, 4.69) is 27.6 Å². The highest BCUT2D eigenvalue weighted by Crippen LogP contribution is 2.11. The highest BCUT2D eigenvalue weighted by atomic mass is 32.1. The first-order valence-corrected chi connectivity index (χ1v) is 6.59. The van der Waals surface area contributed by atoms with Crippen LogP contribution in [0.2, 0.25) is 0 Å². The van der Waals surface area contributed by atoms with Crippen molar-refractivity contribution >= 4 is 22.7 Å². The van der Waals surface area contributed by atoms with Gasteiger partial charge in [-0.3, -0.25) is 0 Å². The first-order valence-electron chi connectivity index (χ1n) is 4.83. The lowest BCUT2D eigenvalue weighted by Crippen LogP contribution is -2.16. The molecule has 2 aromatic rings. The second kappa shape index (κ2) is 5.34. The molecule has 0 aliphatic heterocycles.